The highest BCUT2D eigenvalue weighted by Crippen LogP contribution is 2.41. The maximum absolute atomic E-state index is 10.2. The highest BCUT2D eigenvalue weighted by molar-refractivity contribution is 5.55. The van der Waals surface area contributed by atoms with Gasteiger partial charge in [0.2, 0.25) is 12.5 Å². The molecule has 1 heterocycles. The van der Waals surface area contributed by atoms with E-state index in [0.717, 1.165) is 30.6 Å². The van der Waals surface area contributed by atoms with E-state index in [2.05, 4.69) is 5.32 Å². The van der Waals surface area contributed by atoms with Crippen LogP contribution in [0.2, 0.25) is 0 Å². The molecule has 0 saturated heterocycles. The van der Waals surface area contributed by atoms with Crippen molar-refractivity contribution in [3.05, 3.63) is 17.7 Å². The number of aliphatic hydroxyl groups excluding tert-OH is 1. The molecule has 21 heavy (non-hydrogen) atoms. The summed E-state index contributed by atoms with van der Waals surface area (Å²) >= 11 is 0. The molecule has 1 aromatic carbocycles. The van der Waals surface area contributed by atoms with E-state index >= 15 is 0 Å². The van der Waals surface area contributed by atoms with Crippen molar-refractivity contribution in [3.8, 4) is 17.2 Å². The molecular weight excluding hydrogens is 270 g/mol. The van der Waals surface area contributed by atoms with Gasteiger partial charge in [0.1, 0.15) is 0 Å². The number of hydrogen-bond donors (Lipinski definition) is 2. The number of ether oxygens (including phenoxy) is 3. The zero-order chi connectivity index (χ0) is 14.7. The van der Waals surface area contributed by atoms with Gasteiger partial charge in [0, 0.05) is 12.6 Å². The second-order valence-electron chi connectivity index (χ2n) is 5.72. The second kappa shape index (κ2) is 6.54. The molecule has 0 spiro atoms. The molecule has 0 bridgehead atoms. The van der Waals surface area contributed by atoms with Gasteiger partial charge in [-0.3, -0.25) is 0 Å². The van der Waals surface area contributed by atoms with Crippen LogP contribution in [0, 0.1) is 0 Å². The zero-order valence-electron chi connectivity index (χ0n) is 12.4. The van der Waals surface area contributed by atoms with Gasteiger partial charge in [-0.15, -0.1) is 0 Å². The molecule has 0 amide bonds. The molecule has 5 nitrogen and oxygen atoms in total. The summed E-state index contributed by atoms with van der Waals surface area (Å²) in [6.45, 7) is 0.929. The summed E-state index contributed by atoms with van der Waals surface area (Å²) in [5, 5.41) is 13.6. The quantitative estimate of drug-likeness (QED) is 0.834. The molecule has 1 aromatic rings. The molecule has 1 aliphatic heterocycles. The van der Waals surface area contributed by atoms with E-state index in [-0.39, 0.29) is 18.9 Å². The van der Waals surface area contributed by atoms with Crippen LogP contribution in [0.4, 0.5) is 0 Å². The van der Waals surface area contributed by atoms with Gasteiger partial charge in [0.25, 0.3) is 0 Å². The molecule has 1 saturated carbocycles. The molecule has 0 radical (unpaired) electrons. The summed E-state index contributed by atoms with van der Waals surface area (Å²) in [7, 11) is 1.63. The Labute approximate surface area is 125 Å². The third-order valence-electron chi connectivity index (χ3n) is 4.27. The Hall–Kier alpha value is -1.46. The first kappa shape index (κ1) is 14.5. The maximum Gasteiger partial charge on any atom is 0.231 e. The van der Waals surface area contributed by atoms with Crippen molar-refractivity contribution in [2.45, 2.75) is 50.8 Å². The summed E-state index contributed by atoms with van der Waals surface area (Å²) in [5.74, 6) is 2.10. The van der Waals surface area contributed by atoms with E-state index in [4.69, 9.17) is 14.2 Å². The smallest absolute Gasteiger partial charge is 0.231 e. The Bertz CT molecular complexity index is 491. The Morgan fingerprint density at radius 1 is 1.24 bits per heavy atom. The molecule has 3 rings (SSSR count). The van der Waals surface area contributed by atoms with Crippen molar-refractivity contribution in [1.82, 2.24) is 5.32 Å². The summed E-state index contributed by atoms with van der Waals surface area (Å²) in [4.78, 5) is 0. The number of rotatable bonds is 4. The third-order valence-corrected chi connectivity index (χ3v) is 4.27. The number of hydrogen-bond acceptors (Lipinski definition) is 5. The Balaban J connectivity index is 1.67. The molecule has 1 aliphatic carbocycles. The lowest BCUT2D eigenvalue weighted by Gasteiger charge is -2.22. The Morgan fingerprint density at radius 3 is 2.95 bits per heavy atom. The largest absolute Gasteiger partial charge is 0.493 e. The van der Waals surface area contributed by atoms with E-state index in [1.807, 2.05) is 12.1 Å². The lowest BCUT2D eigenvalue weighted by Crippen LogP contribution is -2.38. The van der Waals surface area contributed by atoms with Crippen molar-refractivity contribution >= 4 is 0 Å². The van der Waals surface area contributed by atoms with E-state index in [9.17, 15) is 5.11 Å². The van der Waals surface area contributed by atoms with Gasteiger partial charge in [0.15, 0.2) is 11.5 Å². The van der Waals surface area contributed by atoms with Crippen molar-refractivity contribution < 1.29 is 19.3 Å². The molecular formula is C16H23NO4. The molecule has 5 heteroatoms. The topological polar surface area (TPSA) is 60.0 Å². The van der Waals surface area contributed by atoms with E-state index in [1.54, 1.807) is 7.11 Å². The maximum atomic E-state index is 10.2. The van der Waals surface area contributed by atoms with E-state index in [1.165, 1.54) is 12.8 Å². The molecule has 0 aromatic heterocycles. The predicted octanol–water partition coefficient (Wildman–Crippen LogP) is 2.21. The first-order chi connectivity index (χ1) is 10.3. The number of aliphatic hydroxyl groups is 1. The normalized spacial score (nSPS) is 24.7. The van der Waals surface area contributed by atoms with Gasteiger partial charge in [-0.1, -0.05) is 19.3 Å². The molecule has 2 aliphatic rings. The van der Waals surface area contributed by atoms with E-state index < -0.39 is 0 Å². The minimum atomic E-state index is -0.247. The predicted molar refractivity (Wildman–Crippen MR) is 78.8 cm³/mol. The van der Waals surface area contributed by atoms with Crippen LogP contribution in [0.5, 0.6) is 17.2 Å². The number of methoxy groups -OCH3 is 1. The number of nitrogens with one attached hydrogen (secondary N) is 1. The van der Waals surface area contributed by atoms with Crippen LogP contribution >= 0.6 is 0 Å². The Kier molecular flexibility index (Phi) is 4.51. The molecule has 1 fully saturated rings. The van der Waals surface area contributed by atoms with Crippen LogP contribution in [-0.4, -0.2) is 31.2 Å². The van der Waals surface area contributed by atoms with Crippen LogP contribution in [0.3, 0.4) is 0 Å². The van der Waals surface area contributed by atoms with Crippen LogP contribution < -0.4 is 19.5 Å². The fourth-order valence-corrected chi connectivity index (χ4v) is 3.06. The minimum absolute atomic E-state index is 0.170. The number of fused-ring (bicyclic) bond motifs is 1. The highest BCUT2D eigenvalue weighted by Gasteiger charge is 2.23. The second-order valence-corrected chi connectivity index (χ2v) is 5.72. The summed E-state index contributed by atoms with van der Waals surface area (Å²) in [6.07, 6.45) is 5.19. The van der Waals surface area contributed by atoms with Gasteiger partial charge in [-0.25, -0.2) is 0 Å². The van der Waals surface area contributed by atoms with Crippen molar-refractivity contribution in [2.75, 3.05) is 13.9 Å². The van der Waals surface area contributed by atoms with Crippen molar-refractivity contribution in [3.63, 3.8) is 0 Å². The van der Waals surface area contributed by atoms with Crippen molar-refractivity contribution in [2.24, 2.45) is 0 Å². The summed E-state index contributed by atoms with van der Waals surface area (Å²) < 4.78 is 16.2. The molecule has 2 unspecified atom stereocenters. The monoisotopic (exact) mass is 293 g/mol. The molecule has 2 atom stereocenters. The Morgan fingerprint density at radius 2 is 2.10 bits per heavy atom. The lowest BCUT2D eigenvalue weighted by molar-refractivity contribution is 0.119. The minimum Gasteiger partial charge on any atom is -0.493 e. The van der Waals surface area contributed by atoms with E-state index in [0.29, 0.717) is 18.0 Å². The zero-order valence-corrected chi connectivity index (χ0v) is 12.4. The summed E-state index contributed by atoms with van der Waals surface area (Å²) in [5.41, 5.74) is 1.08. The van der Waals surface area contributed by atoms with Gasteiger partial charge in [-0.2, -0.15) is 0 Å². The first-order valence-corrected chi connectivity index (χ1v) is 7.66. The van der Waals surface area contributed by atoms with Gasteiger partial charge < -0.3 is 24.6 Å². The van der Waals surface area contributed by atoms with Gasteiger partial charge in [-0.05, 0) is 30.5 Å². The third kappa shape index (κ3) is 3.24. The highest BCUT2D eigenvalue weighted by atomic mass is 16.7. The average molecular weight is 293 g/mol. The fraction of sp³-hybridized carbons (Fsp3) is 0.625. The average Bonchev–Trinajstić information content (AvgIpc) is 2.87. The summed E-state index contributed by atoms with van der Waals surface area (Å²) in [6, 6.07) is 4.11. The van der Waals surface area contributed by atoms with Gasteiger partial charge in [0.05, 0.1) is 13.2 Å². The van der Waals surface area contributed by atoms with Gasteiger partial charge >= 0.3 is 0 Å². The van der Waals surface area contributed by atoms with Crippen LogP contribution in [-0.2, 0) is 6.54 Å². The van der Waals surface area contributed by atoms with Crippen LogP contribution in [0.15, 0.2) is 12.1 Å². The molecule has 2 N–H and O–H groups in total. The first-order valence-electron chi connectivity index (χ1n) is 7.66. The standard InChI is InChI=1S/C16H23NO4/c1-19-14-7-11(8-15-16(14)21-10-20-15)9-17-12-5-3-2-4-6-13(12)18/h7-8,12-13,17-18H,2-6,9-10H2,1H3. The molecule has 116 valence electrons. The van der Waals surface area contributed by atoms with Crippen molar-refractivity contribution in [1.29, 1.82) is 0 Å². The number of benzene rings is 1. The van der Waals surface area contributed by atoms with Crippen LogP contribution in [0.25, 0.3) is 0 Å². The van der Waals surface area contributed by atoms with Crippen LogP contribution in [0.1, 0.15) is 37.7 Å². The fourth-order valence-electron chi connectivity index (χ4n) is 3.06. The lowest BCUT2D eigenvalue weighted by atomic mass is 10.1. The SMILES string of the molecule is COc1cc(CNC2CCCCCC2O)cc2c1OCO2.